The van der Waals surface area contributed by atoms with Crippen LogP contribution in [-0.2, 0) is 9.53 Å². The van der Waals surface area contributed by atoms with Crippen molar-refractivity contribution < 1.29 is 19.0 Å². The van der Waals surface area contributed by atoms with Gasteiger partial charge in [-0.1, -0.05) is 36.4 Å². The normalized spacial score (nSPS) is 15.7. The molecule has 2 aromatic carbocycles. The molecule has 5 nitrogen and oxygen atoms in total. The molecule has 0 saturated heterocycles. The van der Waals surface area contributed by atoms with Crippen LogP contribution in [-0.4, -0.2) is 26.1 Å². The van der Waals surface area contributed by atoms with Gasteiger partial charge in [0.25, 0.3) is 0 Å². The third kappa shape index (κ3) is 4.00. The topological polar surface area (TPSA) is 57.1 Å². The number of benzene rings is 2. The Morgan fingerprint density at radius 1 is 1.04 bits per heavy atom. The predicted molar refractivity (Wildman–Crippen MR) is 100 cm³/mol. The van der Waals surface area contributed by atoms with Crippen LogP contribution in [0, 0.1) is 0 Å². The zero-order valence-electron chi connectivity index (χ0n) is 14.9. The van der Waals surface area contributed by atoms with E-state index in [4.69, 9.17) is 14.2 Å². The number of ether oxygens (including phenoxy) is 3. The number of rotatable bonds is 5. The molecule has 0 amide bonds. The summed E-state index contributed by atoms with van der Waals surface area (Å²) in [5.41, 5.74) is 2.82. The minimum atomic E-state index is -0.484. The summed E-state index contributed by atoms with van der Waals surface area (Å²) in [5, 5.41) is 0. The summed E-state index contributed by atoms with van der Waals surface area (Å²) in [6.45, 7) is 1.91. The van der Waals surface area contributed by atoms with Gasteiger partial charge >= 0.3 is 5.97 Å². The lowest BCUT2D eigenvalue weighted by atomic mass is 10.1. The SMILES string of the molecule is COc1cc(OC)cc(C2=N/C(=C\C(C)=C\c3ccccc3)C(=O)O2)c1. The lowest BCUT2D eigenvalue weighted by Crippen LogP contribution is -2.06. The van der Waals surface area contributed by atoms with E-state index in [0.29, 0.717) is 17.1 Å². The van der Waals surface area contributed by atoms with E-state index in [2.05, 4.69) is 4.99 Å². The molecule has 3 rings (SSSR count). The predicted octanol–water partition coefficient (Wildman–Crippen LogP) is 3.99. The maximum atomic E-state index is 12.2. The average Bonchev–Trinajstić information content (AvgIpc) is 3.02. The van der Waals surface area contributed by atoms with Crippen LogP contribution in [0.5, 0.6) is 11.5 Å². The number of cyclic esters (lactones) is 1. The fraction of sp³-hybridized carbons (Fsp3) is 0.143. The number of allylic oxidation sites excluding steroid dienone is 2. The molecule has 132 valence electrons. The van der Waals surface area contributed by atoms with Gasteiger partial charge in [0.2, 0.25) is 5.90 Å². The lowest BCUT2D eigenvalue weighted by Gasteiger charge is -2.07. The van der Waals surface area contributed by atoms with Crippen LogP contribution in [0.15, 0.2) is 70.9 Å². The quantitative estimate of drug-likeness (QED) is 0.605. The molecule has 0 N–H and O–H groups in total. The van der Waals surface area contributed by atoms with E-state index in [1.54, 1.807) is 38.5 Å². The maximum Gasteiger partial charge on any atom is 0.363 e. The molecule has 26 heavy (non-hydrogen) atoms. The van der Waals surface area contributed by atoms with Crippen molar-refractivity contribution in [3.8, 4) is 11.5 Å². The molecule has 0 unspecified atom stereocenters. The van der Waals surface area contributed by atoms with Crippen LogP contribution in [0.2, 0.25) is 0 Å². The summed E-state index contributed by atoms with van der Waals surface area (Å²) in [6, 6.07) is 15.1. The number of carbonyl (C=O) groups excluding carboxylic acids is 1. The van der Waals surface area contributed by atoms with E-state index in [9.17, 15) is 4.79 Å². The molecule has 5 heteroatoms. The molecule has 1 aliphatic heterocycles. The first-order chi connectivity index (χ1) is 12.6. The number of nitrogens with zero attached hydrogens (tertiary/aromatic N) is 1. The van der Waals surface area contributed by atoms with Crippen molar-refractivity contribution in [1.82, 2.24) is 0 Å². The van der Waals surface area contributed by atoms with Gasteiger partial charge in [0.1, 0.15) is 11.5 Å². The molecule has 1 aliphatic rings. The smallest absolute Gasteiger partial charge is 0.363 e. The monoisotopic (exact) mass is 349 g/mol. The Hall–Kier alpha value is -3.34. The molecule has 0 aromatic heterocycles. The van der Waals surface area contributed by atoms with Gasteiger partial charge in [-0.3, -0.25) is 0 Å². The number of hydrogen-bond donors (Lipinski definition) is 0. The van der Waals surface area contributed by atoms with Crippen molar-refractivity contribution >= 4 is 17.9 Å². The first-order valence-corrected chi connectivity index (χ1v) is 8.08. The average molecular weight is 349 g/mol. The van der Waals surface area contributed by atoms with Crippen molar-refractivity contribution in [2.75, 3.05) is 14.2 Å². The van der Waals surface area contributed by atoms with E-state index in [-0.39, 0.29) is 11.6 Å². The highest BCUT2D eigenvalue weighted by Gasteiger charge is 2.25. The van der Waals surface area contributed by atoms with Gasteiger partial charge in [-0.25, -0.2) is 9.79 Å². The van der Waals surface area contributed by atoms with Crippen molar-refractivity contribution in [2.45, 2.75) is 6.92 Å². The van der Waals surface area contributed by atoms with Crippen LogP contribution >= 0.6 is 0 Å². The highest BCUT2D eigenvalue weighted by molar-refractivity contribution is 6.11. The molecule has 0 fully saturated rings. The maximum absolute atomic E-state index is 12.2. The summed E-state index contributed by atoms with van der Waals surface area (Å²) in [7, 11) is 3.12. The Morgan fingerprint density at radius 2 is 1.69 bits per heavy atom. The zero-order chi connectivity index (χ0) is 18.5. The van der Waals surface area contributed by atoms with E-state index in [0.717, 1.165) is 11.1 Å². The van der Waals surface area contributed by atoms with Gasteiger partial charge in [-0.2, -0.15) is 0 Å². The fourth-order valence-electron chi connectivity index (χ4n) is 2.53. The number of esters is 1. The van der Waals surface area contributed by atoms with Crippen LogP contribution < -0.4 is 9.47 Å². The van der Waals surface area contributed by atoms with Crippen LogP contribution in [0.25, 0.3) is 6.08 Å². The zero-order valence-corrected chi connectivity index (χ0v) is 14.9. The Kier molecular flexibility index (Phi) is 5.17. The highest BCUT2D eigenvalue weighted by Crippen LogP contribution is 2.26. The number of methoxy groups -OCH3 is 2. The second-order valence-electron chi connectivity index (χ2n) is 5.74. The molecule has 2 aromatic rings. The van der Waals surface area contributed by atoms with E-state index >= 15 is 0 Å². The van der Waals surface area contributed by atoms with Gasteiger partial charge in [0.15, 0.2) is 5.70 Å². The lowest BCUT2D eigenvalue weighted by molar-refractivity contribution is -0.130. The minimum absolute atomic E-state index is 0.228. The number of aliphatic imine (C=N–C) groups is 1. The summed E-state index contributed by atoms with van der Waals surface area (Å²) < 4.78 is 15.8. The molecule has 0 saturated carbocycles. The molecular weight excluding hydrogens is 330 g/mol. The Labute approximate surface area is 152 Å². The second kappa shape index (κ2) is 7.70. The van der Waals surface area contributed by atoms with E-state index < -0.39 is 5.97 Å². The number of hydrogen-bond acceptors (Lipinski definition) is 5. The van der Waals surface area contributed by atoms with Crippen molar-refractivity contribution in [1.29, 1.82) is 0 Å². The first kappa shape index (κ1) is 17.5. The summed E-state index contributed by atoms with van der Waals surface area (Å²) in [4.78, 5) is 16.5. The third-order valence-corrected chi connectivity index (χ3v) is 3.78. The molecule has 0 spiro atoms. The summed E-state index contributed by atoms with van der Waals surface area (Å²) in [5.74, 6) is 0.930. The van der Waals surface area contributed by atoms with Gasteiger partial charge < -0.3 is 14.2 Å². The first-order valence-electron chi connectivity index (χ1n) is 8.08. The third-order valence-electron chi connectivity index (χ3n) is 3.78. The van der Waals surface area contributed by atoms with E-state index in [1.165, 1.54) is 0 Å². The molecule has 0 aliphatic carbocycles. The van der Waals surface area contributed by atoms with Crippen LogP contribution in [0.4, 0.5) is 0 Å². The molecular formula is C21H19NO4. The van der Waals surface area contributed by atoms with Crippen molar-refractivity contribution in [2.24, 2.45) is 4.99 Å². The van der Waals surface area contributed by atoms with Gasteiger partial charge in [-0.15, -0.1) is 0 Å². The summed E-state index contributed by atoms with van der Waals surface area (Å²) in [6.07, 6.45) is 3.68. The Morgan fingerprint density at radius 3 is 2.31 bits per heavy atom. The standard InChI is InChI=1S/C21H19NO4/c1-14(9-15-7-5-4-6-8-15)10-19-21(23)26-20(22-19)16-11-17(24-2)13-18(12-16)25-3/h4-13H,1-3H3/b14-9+,19-10-. The minimum Gasteiger partial charge on any atom is -0.497 e. The van der Waals surface area contributed by atoms with Crippen LogP contribution in [0.3, 0.4) is 0 Å². The Bertz CT molecular complexity index is 889. The highest BCUT2D eigenvalue weighted by atomic mass is 16.6. The molecule has 1 heterocycles. The fourth-order valence-corrected chi connectivity index (χ4v) is 2.53. The van der Waals surface area contributed by atoms with Crippen molar-refractivity contribution in [3.05, 3.63) is 77.0 Å². The Balaban J connectivity index is 1.91. The molecule has 0 radical (unpaired) electrons. The van der Waals surface area contributed by atoms with Gasteiger partial charge in [0.05, 0.1) is 14.2 Å². The van der Waals surface area contributed by atoms with Crippen LogP contribution in [0.1, 0.15) is 18.1 Å². The summed E-state index contributed by atoms with van der Waals surface area (Å²) >= 11 is 0. The van der Waals surface area contributed by atoms with Gasteiger partial charge in [0, 0.05) is 11.6 Å². The van der Waals surface area contributed by atoms with Crippen molar-refractivity contribution in [3.63, 3.8) is 0 Å². The number of carbonyl (C=O) groups is 1. The van der Waals surface area contributed by atoms with E-state index in [1.807, 2.05) is 43.3 Å². The largest absolute Gasteiger partial charge is 0.497 e. The molecule has 0 atom stereocenters. The van der Waals surface area contributed by atoms with Gasteiger partial charge in [-0.05, 0) is 36.3 Å². The molecule has 0 bridgehead atoms. The second-order valence-corrected chi connectivity index (χ2v) is 5.74.